The normalized spacial score (nSPS) is 14.5. The summed E-state index contributed by atoms with van der Waals surface area (Å²) in [7, 11) is 0. The summed E-state index contributed by atoms with van der Waals surface area (Å²) in [6.07, 6.45) is 0. The number of carbonyl (C=O) groups excluding carboxylic acids is 1. The molecule has 0 aliphatic carbocycles. The first kappa shape index (κ1) is 16.3. The maximum Gasteiger partial charge on any atom is 0.269 e. The Morgan fingerprint density at radius 1 is 1.00 bits per heavy atom. The van der Waals surface area contributed by atoms with Crippen LogP contribution in [0.1, 0.15) is 10.4 Å². The van der Waals surface area contributed by atoms with Crippen molar-refractivity contribution in [3.63, 3.8) is 0 Å². The van der Waals surface area contributed by atoms with E-state index < -0.39 is 4.92 Å². The fraction of sp³-hybridized carbons (Fsp3) is 0.235. The van der Waals surface area contributed by atoms with Gasteiger partial charge >= 0.3 is 0 Å². The summed E-state index contributed by atoms with van der Waals surface area (Å²) in [6, 6.07) is 13.4. The summed E-state index contributed by atoms with van der Waals surface area (Å²) in [4.78, 5) is 26.6. The number of para-hydroxylation sites is 1. The van der Waals surface area contributed by atoms with Crippen molar-refractivity contribution in [1.29, 1.82) is 0 Å². The van der Waals surface area contributed by atoms with E-state index in [0.29, 0.717) is 36.8 Å². The van der Waals surface area contributed by atoms with Crippen LogP contribution in [0.3, 0.4) is 0 Å². The molecule has 1 aliphatic rings. The number of rotatable bonds is 3. The van der Waals surface area contributed by atoms with E-state index in [1.165, 1.54) is 24.3 Å². The van der Waals surface area contributed by atoms with E-state index in [1.54, 1.807) is 4.90 Å². The highest BCUT2D eigenvalue weighted by Gasteiger charge is 2.23. The lowest BCUT2D eigenvalue weighted by Gasteiger charge is -2.36. The van der Waals surface area contributed by atoms with Crippen LogP contribution in [0.15, 0.2) is 48.5 Å². The standard InChI is InChI=1S/C17H16ClN3O3/c18-15-3-1-2-4-16(15)19-9-11-20(12-10-19)17(22)13-5-7-14(8-6-13)21(23)24/h1-8H,9-12H2. The Hall–Kier alpha value is -2.60. The Balaban J connectivity index is 1.65. The molecule has 0 N–H and O–H groups in total. The van der Waals surface area contributed by atoms with Gasteiger partial charge in [0.25, 0.3) is 11.6 Å². The van der Waals surface area contributed by atoms with Crippen LogP contribution >= 0.6 is 11.6 Å². The predicted molar refractivity (Wildman–Crippen MR) is 92.7 cm³/mol. The van der Waals surface area contributed by atoms with Gasteiger partial charge in [0.15, 0.2) is 0 Å². The molecule has 0 spiro atoms. The van der Waals surface area contributed by atoms with Crippen molar-refractivity contribution in [1.82, 2.24) is 4.90 Å². The second-order valence-electron chi connectivity index (χ2n) is 5.53. The molecule has 1 amide bonds. The highest BCUT2D eigenvalue weighted by molar-refractivity contribution is 6.33. The van der Waals surface area contributed by atoms with E-state index in [9.17, 15) is 14.9 Å². The molecule has 24 heavy (non-hydrogen) atoms. The first-order valence-corrected chi connectivity index (χ1v) is 7.97. The summed E-state index contributed by atoms with van der Waals surface area (Å²) in [6.45, 7) is 2.56. The van der Waals surface area contributed by atoms with E-state index in [4.69, 9.17) is 11.6 Å². The number of non-ortho nitro benzene ring substituents is 1. The van der Waals surface area contributed by atoms with Gasteiger partial charge in [0.1, 0.15) is 0 Å². The van der Waals surface area contributed by atoms with Crippen molar-refractivity contribution in [2.24, 2.45) is 0 Å². The maximum atomic E-state index is 12.5. The van der Waals surface area contributed by atoms with Crippen LogP contribution in [0.2, 0.25) is 5.02 Å². The van der Waals surface area contributed by atoms with Crippen molar-refractivity contribution in [2.75, 3.05) is 31.1 Å². The highest BCUT2D eigenvalue weighted by atomic mass is 35.5. The van der Waals surface area contributed by atoms with Crippen LogP contribution < -0.4 is 4.90 Å². The van der Waals surface area contributed by atoms with Gasteiger partial charge in [-0.15, -0.1) is 0 Å². The van der Waals surface area contributed by atoms with E-state index in [2.05, 4.69) is 4.90 Å². The van der Waals surface area contributed by atoms with E-state index in [1.807, 2.05) is 24.3 Å². The Labute approximate surface area is 144 Å². The number of benzene rings is 2. The number of amides is 1. The fourth-order valence-electron chi connectivity index (χ4n) is 2.77. The molecule has 0 aromatic heterocycles. The Kier molecular flexibility index (Phi) is 4.66. The fourth-order valence-corrected chi connectivity index (χ4v) is 3.02. The van der Waals surface area contributed by atoms with Crippen molar-refractivity contribution < 1.29 is 9.72 Å². The number of hydrogen-bond acceptors (Lipinski definition) is 4. The number of halogens is 1. The summed E-state index contributed by atoms with van der Waals surface area (Å²) in [5.74, 6) is -0.108. The minimum absolute atomic E-state index is 0.0184. The quantitative estimate of drug-likeness (QED) is 0.633. The van der Waals surface area contributed by atoms with Gasteiger partial charge in [-0.05, 0) is 24.3 Å². The van der Waals surface area contributed by atoms with Crippen LogP contribution in [-0.4, -0.2) is 41.9 Å². The molecule has 2 aromatic rings. The Morgan fingerprint density at radius 3 is 2.21 bits per heavy atom. The van der Waals surface area contributed by atoms with Gasteiger partial charge in [0, 0.05) is 43.9 Å². The van der Waals surface area contributed by atoms with Gasteiger partial charge < -0.3 is 9.80 Å². The SMILES string of the molecule is O=C(c1ccc([N+](=O)[O-])cc1)N1CCN(c2ccccc2Cl)CC1. The molecule has 7 heteroatoms. The van der Waals surface area contributed by atoms with Crippen molar-refractivity contribution in [3.05, 3.63) is 69.2 Å². The number of carbonyl (C=O) groups is 1. The molecule has 2 aromatic carbocycles. The molecule has 124 valence electrons. The number of nitrogens with zero attached hydrogens (tertiary/aromatic N) is 3. The zero-order valence-electron chi connectivity index (χ0n) is 12.9. The van der Waals surface area contributed by atoms with Crippen LogP contribution in [0, 0.1) is 10.1 Å². The summed E-state index contributed by atoms with van der Waals surface area (Å²) < 4.78 is 0. The smallest absolute Gasteiger partial charge is 0.269 e. The summed E-state index contributed by atoms with van der Waals surface area (Å²) in [5.41, 5.74) is 1.42. The number of nitro benzene ring substituents is 1. The van der Waals surface area contributed by atoms with E-state index in [-0.39, 0.29) is 11.6 Å². The molecule has 1 fully saturated rings. The van der Waals surface area contributed by atoms with Crippen LogP contribution in [-0.2, 0) is 0 Å². The van der Waals surface area contributed by atoms with Crippen LogP contribution in [0.25, 0.3) is 0 Å². The number of nitro groups is 1. The molecule has 0 atom stereocenters. The number of anilines is 1. The summed E-state index contributed by atoms with van der Waals surface area (Å²) >= 11 is 6.22. The topological polar surface area (TPSA) is 66.7 Å². The third kappa shape index (κ3) is 3.33. The van der Waals surface area contributed by atoms with Crippen molar-refractivity contribution >= 4 is 28.9 Å². The number of hydrogen-bond donors (Lipinski definition) is 0. The van der Waals surface area contributed by atoms with Gasteiger partial charge in [-0.25, -0.2) is 0 Å². The molecule has 1 saturated heterocycles. The molecule has 0 unspecified atom stereocenters. The molecule has 0 bridgehead atoms. The zero-order valence-corrected chi connectivity index (χ0v) is 13.6. The Bertz CT molecular complexity index is 756. The molecule has 3 rings (SSSR count). The number of piperazine rings is 1. The molecule has 6 nitrogen and oxygen atoms in total. The average Bonchev–Trinajstić information content (AvgIpc) is 2.62. The second kappa shape index (κ2) is 6.88. The van der Waals surface area contributed by atoms with Gasteiger partial charge in [-0.2, -0.15) is 0 Å². The first-order valence-electron chi connectivity index (χ1n) is 7.59. The molecule has 1 heterocycles. The minimum Gasteiger partial charge on any atom is -0.367 e. The molecule has 0 saturated carbocycles. The lowest BCUT2D eigenvalue weighted by Crippen LogP contribution is -2.48. The highest BCUT2D eigenvalue weighted by Crippen LogP contribution is 2.26. The second-order valence-corrected chi connectivity index (χ2v) is 5.94. The average molecular weight is 346 g/mol. The van der Waals surface area contributed by atoms with Gasteiger partial charge in [0.2, 0.25) is 0 Å². The molecule has 0 radical (unpaired) electrons. The zero-order chi connectivity index (χ0) is 17.1. The Morgan fingerprint density at radius 2 is 1.62 bits per heavy atom. The maximum absolute atomic E-state index is 12.5. The first-order chi connectivity index (χ1) is 11.6. The van der Waals surface area contributed by atoms with E-state index in [0.717, 1.165) is 5.69 Å². The van der Waals surface area contributed by atoms with E-state index >= 15 is 0 Å². The third-order valence-corrected chi connectivity index (χ3v) is 4.40. The molecular formula is C17H16ClN3O3. The van der Waals surface area contributed by atoms with Gasteiger partial charge in [-0.3, -0.25) is 14.9 Å². The molecular weight excluding hydrogens is 330 g/mol. The van der Waals surface area contributed by atoms with Gasteiger partial charge in [0.05, 0.1) is 15.6 Å². The predicted octanol–water partition coefficient (Wildman–Crippen LogP) is 3.21. The van der Waals surface area contributed by atoms with Gasteiger partial charge in [-0.1, -0.05) is 23.7 Å². The third-order valence-electron chi connectivity index (χ3n) is 4.09. The molecule has 1 aliphatic heterocycles. The summed E-state index contributed by atoms with van der Waals surface area (Å²) in [5, 5.41) is 11.4. The lowest BCUT2D eigenvalue weighted by atomic mass is 10.1. The van der Waals surface area contributed by atoms with Crippen LogP contribution in [0.5, 0.6) is 0 Å². The van der Waals surface area contributed by atoms with Crippen molar-refractivity contribution in [2.45, 2.75) is 0 Å². The largest absolute Gasteiger partial charge is 0.367 e. The monoisotopic (exact) mass is 345 g/mol. The minimum atomic E-state index is -0.476. The lowest BCUT2D eigenvalue weighted by molar-refractivity contribution is -0.384. The van der Waals surface area contributed by atoms with Crippen LogP contribution in [0.4, 0.5) is 11.4 Å². The van der Waals surface area contributed by atoms with Crippen molar-refractivity contribution in [3.8, 4) is 0 Å².